The molecule has 0 amide bonds. The van der Waals surface area contributed by atoms with Crippen molar-refractivity contribution in [3.05, 3.63) is 25.3 Å². The first-order valence-corrected chi connectivity index (χ1v) is 16.8. The maximum atomic E-state index is 13.9. The number of nitrogen functional groups attached to an aromatic ring is 1. The molecule has 0 radical (unpaired) electrons. The minimum absolute atomic E-state index is 0.0726. The highest BCUT2D eigenvalue weighted by molar-refractivity contribution is 8.08. The normalized spacial score (nSPS) is 37.3. The summed E-state index contributed by atoms with van der Waals surface area (Å²) < 4.78 is 47.1. The first-order chi connectivity index (χ1) is 19.5. The van der Waals surface area contributed by atoms with E-state index in [-0.39, 0.29) is 17.0 Å². The molecule has 42 heavy (non-hydrogen) atoms. The summed E-state index contributed by atoms with van der Waals surface area (Å²) in [6, 6.07) is 0. The summed E-state index contributed by atoms with van der Waals surface area (Å²) in [5.74, 6) is 0.0726. The van der Waals surface area contributed by atoms with Crippen molar-refractivity contribution >= 4 is 55.1 Å². The lowest BCUT2D eigenvalue weighted by Gasteiger charge is -2.41. The van der Waals surface area contributed by atoms with Crippen LogP contribution in [0.5, 0.6) is 0 Å². The minimum Gasteiger partial charge on any atom is -0.393 e. The highest BCUT2D eigenvalue weighted by Gasteiger charge is 2.55. The number of phosphoric acid groups is 1. The summed E-state index contributed by atoms with van der Waals surface area (Å²) >= 11 is 5.69. The van der Waals surface area contributed by atoms with Gasteiger partial charge in [-0.1, -0.05) is 6.08 Å². The molecule has 2 saturated heterocycles. The zero-order valence-electron chi connectivity index (χ0n) is 21.1. The fraction of sp³-hybridized carbons (Fsp3) is 0.632. The summed E-state index contributed by atoms with van der Waals surface area (Å²) in [7, 11) is -5.49. The van der Waals surface area contributed by atoms with Gasteiger partial charge in [-0.3, -0.25) is 9.09 Å². The van der Waals surface area contributed by atoms with E-state index in [4.69, 9.17) is 31.9 Å². The molecule has 0 aliphatic carbocycles. The maximum Gasteiger partial charge on any atom is 0.481 e. The number of aliphatic hydroxyl groups is 6. The van der Waals surface area contributed by atoms with Crippen molar-refractivity contribution in [3.8, 4) is 0 Å². The number of nitrogens with zero attached hydrogens (tertiary/aromatic N) is 4. The van der Waals surface area contributed by atoms with Crippen molar-refractivity contribution in [1.29, 1.82) is 0 Å². The van der Waals surface area contributed by atoms with Crippen LogP contribution < -0.4 is 5.73 Å². The van der Waals surface area contributed by atoms with Crippen molar-refractivity contribution in [2.24, 2.45) is 0 Å². The molecular formula is C19H28FN5O13P2S2. The topological polar surface area (TPSA) is 285 Å². The van der Waals surface area contributed by atoms with Gasteiger partial charge in [0.05, 0.1) is 24.8 Å². The molecule has 236 valence electrons. The van der Waals surface area contributed by atoms with E-state index in [0.29, 0.717) is 0 Å². The number of imidazole rings is 1. The molecule has 4 heterocycles. The van der Waals surface area contributed by atoms with Gasteiger partial charge >= 0.3 is 14.5 Å². The van der Waals surface area contributed by atoms with E-state index in [9.17, 15) is 44.3 Å². The van der Waals surface area contributed by atoms with E-state index in [2.05, 4.69) is 30.4 Å². The first-order valence-electron chi connectivity index (χ1n) is 11.8. The SMILES string of the molecule is C=C[C@@]1(O)[C@H](O)[C@@H](COP(O)(=S)OP(=O)(O)OC2OC([C@@H](F)CO)C(O)C(O)C2O)S[C@H]1n1cnc2c(N)ncnc21. The number of aromatic nitrogens is 4. The van der Waals surface area contributed by atoms with Crippen LogP contribution in [0.4, 0.5) is 10.2 Å². The first kappa shape index (κ1) is 33.7. The summed E-state index contributed by atoms with van der Waals surface area (Å²) in [4.78, 5) is 32.6. The number of fused-ring (bicyclic) bond motifs is 1. The molecule has 10 N–H and O–H groups in total. The van der Waals surface area contributed by atoms with Crippen molar-refractivity contribution in [3.63, 3.8) is 0 Å². The second-order valence-corrected chi connectivity index (χ2v) is 14.9. The van der Waals surface area contributed by atoms with Crippen LogP contribution in [-0.2, 0) is 34.5 Å². The van der Waals surface area contributed by atoms with Crippen molar-refractivity contribution < 1.29 is 67.5 Å². The van der Waals surface area contributed by atoms with E-state index in [1.807, 2.05) is 0 Å². The quantitative estimate of drug-likeness (QED) is 0.0900. The van der Waals surface area contributed by atoms with E-state index < -0.39 is 87.0 Å². The summed E-state index contributed by atoms with van der Waals surface area (Å²) in [6.07, 6.45) is -10.9. The third-order valence-corrected chi connectivity index (χ3v) is 11.6. The number of hydrogen-bond acceptors (Lipinski definition) is 17. The number of halogens is 1. The predicted molar refractivity (Wildman–Crippen MR) is 144 cm³/mol. The van der Waals surface area contributed by atoms with Gasteiger partial charge in [0.1, 0.15) is 53.3 Å². The van der Waals surface area contributed by atoms with Gasteiger partial charge in [-0.2, -0.15) is 0 Å². The molecule has 18 nitrogen and oxygen atoms in total. The highest BCUT2D eigenvalue weighted by atomic mass is 32.5. The summed E-state index contributed by atoms with van der Waals surface area (Å²) in [6.45, 7) is -2.92. The number of aliphatic hydroxyl groups excluding tert-OH is 5. The second kappa shape index (κ2) is 12.6. The largest absolute Gasteiger partial charge is 0.481 e. The minimum atomic E-state index is -5.49. The Morgan fingerprint density at radius 2 is 1.95 bits per heavy atom. The Labute approximate surface area is 245 Å². The Bertz CT molecular complexity index is 1400. The fourth-order valence-corrected chi connectivity index (χ4v) is 9.11. The average molecular weight is 680 g/mol. The Morgan fingerprint density at radius 1 is 1.26 bits per heavy atom. The van der Waals surface area contributed by atoms with Gasteiger partial charge in [0.2, 0.25) is 0 Å². The lowest BCUT2D eigenvalue weighted by molar-refractivity contribution is -0.287. The van der Waals surface area contributed by atoms with Gasteiger partial charge in [0.15, 0.2) is 23.9 Å². The zero-order chi connectivity index (χ0) is 31.2. The molecule has 2 aromatic rings. The Balaban J connectivity index is 1.44. The van der Waals surface area contributed by atoms with Crippen molar-refractivity contribution in [1.82, 2.24) is 19.5 Å². The Hall–Kier alpha value is -1.23. The third kappa shape index (κ3) is 6.57. The van der Waals surface area contributed by atoms with Gasteiger partial charge in [0.25, 0.3) is 0 Å². The molecule has 12 atom stereocenters. The van der Waals surface area contributed by atoms with Crippen LogP contribution in [0.3, 0.4) is 0 Å². The van der Waals surface area contributed by atoms with Crippen LogP contribution in [0.15, 0.2) is 25.3 Å². The average Bonchev–Trinajstić information content (AvgIpc) is 3.46. The van der Waals surface area contributed by atoms with Gasteiger partial charge in [-0.15, -0.1) is 18.3 Å². The van der Waals surface area contributed by atoms with Crippen LogP contribution in [0.1, 0.15) is 5.37 Å². The van der Waals surface area contributed by atoms with Gasteiger partial charge in [-0.05, 0) is 11.8 Å². The summed E-state index contributed by atoms with van der Waals surface area (Å²) in [5.41, 5.74) is 4.28. The molecule has 0 saturated carbocycles. The number of rotatable bonds is 11. The van der Waals surface area contributed by atoms with E-state index >= 15 is 0 Å². The van der Waals surface area contributed by atoms with Gasteiger partial charge in [0, 0.05) is 0 Å². The monoisotopic (exact) mass is 679 g/mol. The van der Waals surface area contributed by atoms with E-state index in [1.54, 1.807) is 0 Å². The number of phosphoric ester groups is 1. The highest BCUT2D eigenvalue weighted by Crippen LogP contribution is 2.62. The molecule has 2 fully saturated rings. The molecule has 2 aliphatic heterocycles. The molecule has 7 unspecified atom stereocenters. The molecule has 23 heteroatoms. The van der Waals surface area contributed by atoms with Crippen LogP contribution in [-0.4, -0.2) is 127 Å². The van der Waals surface area contributed by atoms with E-state index in [1.165, 1.54) is 17.2 Å². The van der Waals surface area contributed by atoms with Gasteiger partial charge < -0.3 is 55.4 Å². The predicted octanol–water partition coefficient (Wildman–Crippen LogP) is -2.19. The lowest BCUT2D eigenvalue weighted by Crippen LogP contribution is -2.60. The number of ether oxygens (including phenoxy) is 1. The van der Waals surface area contributed by atoms with E-state index in [0.717, 1.165) is 17.8 Å². The number of alkyl halides is 1. The number of hydrogen-bond donors (Lipinski definition) is 9. The Kier molecular flexibility index (Phi) is 10.1. The fourth-order valence-electron chi connectivity index (χ4n) is 4.31. The van der Waals surface area contributed by atoms with Gasteiger partial charge in [-0.25, -0.2) is 28.2 Å². The lowest BCUT2D eigenvalue weighted by atomic mass is 9.94. The molecule has 0 spiro atoms. The molecule has 0 bridgehead atoms. The van der Waals surface area contributed by atoms with Crippen molar-refractivity contribution in [2.45, 2.75) is 59.2 Å². The molecular weight excluding hydrogens is 651 g/mol. The number of nitrogens with two attached hydrogens (primary N) is 1. The van der Waals surface area contributed by atoms with Crippen molar-refractivity contribution in [2.75, 3.05) is 18.9 Å². The molecule has 2 aliphatic rings. The summed E-state index contributed by atoms with van der Waals surface area (Å²) in [5, 5.41) is 58.9. The number of anilines is 1. The van der Waals surface area contributed by atoms with Crippen LogP contribution in [0, 0.1) is 0 Å². The van der Waals surface area contributed by atoms with Crippen LogP contribution in [0.25, 0.3) is 11.2 Å². The maximum absolute atomic E-state index is 13.9. The zero-order valence-corrected chi connectivity index (χ0v) is 24.5. The third-order valence-electron chi connectivity index (χ3n) is 6.47. The standard InChI is InChI=1S/C19H28FN5O13P2S2/c1-2-19(31)14(30)8(42-18(19)25-6-24-9-15(21)22-5-23-16(9)25)4-35-40(34,41)38-39(32,33)37-17-12(29)10(27)11(28)13(36-17)7(20)3-26/h2,5-8,10-14,17-18,26-31H,1,3-4H2,(H,32,33)(H,34,41)(H2,21,22,23)/t7-,8+,10?,11?,12?,13?,14+,17?,18+,19+,40?/m0/s1. The van der Waals surface area contributed by atoms with Crippen LogP contribution in [0.2, 0.25) is 0 Å². The smallest absolute Gasteiger partial charge is 0.393 e. The number of thioether (sulfide) groups is 1. The second-order valence-electron chi connectivity index (χ2n) is 9.21. The van der Waals surface area contributed by atoms with Crippen LogP contribution >= 0.6 is 26.3 Å². The molecule has 0 aromatic carbocycles. The molecule has 4 rings (SSSR count). The molecule has 2 aromatic heterocycles. The Morgan fingerprint density at radius 3 is 2.60 bits per heavy atom.